The van der Waals surface area contributed by atoms with Gasteiger partial charge in [0.25, 0.3) is 6.02 Å². The maximum absolute atomic E-state index is 6.87. The van der Waals surface area contributed by atoms with Crippen molar-refractivity contribution in [1.82, 2.24) is 4.98 Å². The molecule has 0 fully saturated rings. The van der Waals surface area contributed by atoms with Gasteiger partial charge in [-0.05, 0) is 18.6 Å². The van der Waals surface area contributed by atoms with E-state index in [0.717, 1.165) is 17.8 Å². The molecule has 0 aromatic carbocycles. The topological polar surface area (TPSA) is 72.0 Å². The second-order valence-electron chi connectivity index (χ2n) is 2.63. The second-order valence-corrected chi connectivity index (χ2v) is 2.63. The van der Waals surface area contributed by atoms with Crippen molar-refractivity contribution >= 4 is 6.02 Å². The van der Waals surface area contributed by atoms with E-state index in [1.807, 2.05) is 25.1 Å². The molecule has 0 amide bonds. The van der Waals surface area contributed by atoms with Crippen LogP contribution in [0.1, 0.15) is 18.3 Å². The first-order chi connectivity index (χ1) is 6.22. The highest BCUT2D eigenvalue weighted by Gasteiger charge is 1.97. The van der Waals surface area contributed by atoms with Crippen molar-refractivity contribution in [3.8, 4) is 0 Å². The van der Waals surface area contributed by atoms with Crippen LogP contribution in [0.3, 0.4) is 0 Å². The van der Waals surface area contributed by atoms with Gasteiger partial charge < -0.3 is 10.5 Å². The third kappa shape index (κ3) is 3.11. The Bertz CT molecular complexity index is 299. The summed E-state index contributed by atoms with van der Waals surface area (Å²) in [7, 11) is 0. The highest BCUT2D eigenvalue weighted by atomic mass is 16.5. The Morgan fingerprint density at radius 3 is 2.85 bits per heavy atom. The molecule has 1 aromatic heterocycles. The number of hydrogen-bond acceptors (Lipinski definition) is 3. The SMILES string of the molecule is CCc1cccc(COC(=N)N)n1. The molecule has 0 aliphatic carbocycles. The van der Waals surface area contributed by atoms with Crippen LogP contribution in [0.2, 0.25) is 0 Å². The van der Waals surface area contributed by atoms with Gasteiger partial charge in [-0.25, -0.2) is 0 Å². The molecule has 4 nitrogen and oxygen atoms in total. The van der Waals surface area contributed by atoms with E-state index < -0.39 is 0 Å². The van der Waals surface area contributed by atoms with Gasteiger partial charge in [-0.2, -0.15) is 0 Å². The van der Waals surface area contributed by atoms with Gasteiger partial charge in [-0.3, -0.25) is 10.4 Å². The lowest BCUT2D eigenvalue weighted by molar-refractivity contribution is 0.279. The molecule has 3 N–H and O–H groups in total. The smallest absolute Gasteiger partial charge is 0.279 e. The van der Waals surface area contributed by atoms with Crippen LogP contribution in [-0.4, -0.2) is 11.0 Å². The predicted molar refractivity (Wildman–Crippen MR) is 50.3 cm³/mol. The zero-order valence-electron chi connectivity index (χ0n) is 7.58. The van der Waals surface area contributed by atoms with E-state index in [1.54, 1.807) is 0 Å². The van der Waals surface area contributed by atoms with E-state index in [9.17, 15) is 0 Å². The first-order valence-electron chi connectivity index (χ1n) is 4.14. The maximum Gasteiger partial charge on any atom is 0.279 e. The Kier molecular flexibility index (Phi) is 3.25. The van der Waals surface area contributed by atoms with Crippen molar-refractivity contribution in [3.05, 3.63) is 29.6 Å². The number of ether oxygens (including phenoxy) is 1. The van der Waals surface area contributed by atoms with Crippen LogP contribution >= 0.6 is 0 Å². The van der Waals surface area contributed by atoms with E-state index in [2.05, 4.69) is 4.98 Å². The average molecular weight is 179 g/mol. The van der Waals surface area contributed by atoms with Crippen LogP contribution in [0.25, 0.3) is 0 Å². The standard InChI is InChI=1S/C9H13N3O/c1-2-7-4-3-5-8(12-7)6-13-9(10)11/h3-5H,2,6H2,1H3,(H3,10,11). The van der Waals surface area contributed by atoms with E-state index in [4.69, 9.17) is 15.9 Å². The largest absolute Gasteiger partial charge is 0.459 e. The summed E-state index contributed by atoms with van der Waals surface area (Å²) in [6.07, 6.45) is 0.897. The first-order valence-corrected chi connectivity index (χ1v) is 4.14. The summed E-state index contributed by atoms with van der Waals surface area (Å²) in [5.74, 6) is 0. The summed E-state index contributed by atoms with van der Waals surface area (Å²) in [6, 6.07) is 5.45. The number of aryl methyl sites for hydroxylation is 1. The number of aromatic nitrogens is 1. The van der Waals surface area contributed by atoms with Crippen LogP contribution in [0.5, 0.6) is 0 Å². The molecule has 0 bridgehead atoms. The lowest BCUT2D eigenvalue weighted by Gasteiger charge is -2.03. The molecule has 1 aromatic rings. The zero-order chi connectivity index (χ0) is 9.68. The molecule has 1 rings (SSSR count). The Morgan fingerprint density at radius 1 is 1.54 bits per heavy atom. The van der Waals surface area contributed by atoms with Gasteiger partial charge in [0.05, 0.1) is 5.69 Å². The summed E-state index contributed by atoms with van der Waals surface area (Å²) >= 11 is 0. The Hall–Kier alpha value is -1.58. The minimum absolute atomic E-state index is 0.267. The maximum atomic E-state index is 6.87. The molecule has 1 heterocycles. The van der Waals surface area contributed by atoms with Gasteiger partial charge in [0.15, 0.2) is 0 Å². The molecule has 0 aliphatic heterocycles. The fraction of sp³-hybridized carbons (Fsp3) is 0.333. The van der Waals surface area contributed by atoms with Gasteiger partial charge in [0.2, 0.25) is 0 Å². The lowest BCUT2D eigenvalue weighted by atomic mass is 10.2. The summed E-state index contributed by atoms with van der Waals surface area (Å²) in [5, 5.41) is 6.87. The fourth-order valence-corrected chi connectivity index (χ4v) is 0.958. The fourth-order valence-electron chi connectivity index (χ4n) is 0.958. The zero-order valence-corrected chi connectivity index (χ0v) is 7.58. The van der Waals surface area contributed by atoms with E-state index >= 15 is 0 Å². The Balaban J connectivity index is 2.61. The number of nitrogens with one attached hydrogen (secondary N) is 1. The molecule has 0 spiro atoms. The highest BCUT2D eigenvalue weighted by Crippen LogP contribution is 2.01. The number of amidine groups is 1. The second kappa shape index (κ2) is 4.45. The number of nitrogens with zero attached hydrogens (tertiary/aromatic N) is 1. The van der Waals surface area contributed by atoms with E-state index in [1.165, 1.54) is 0 Å². The Morgan fingerprint density at radius 2 is 2.23 bits per heavy atom. The average Bonchev–Trinajstić information content (AvgIpc) is 2.15. The van der Waals surface area contributed by atoms with E-state index in [0.29, 0.717) is 0 Å². The molecule has 70 valence electrons. The highest BCUT2D eigenvalue weighted by molar-refractivity contribution is 5.67. The monoisotopic (exact) mass is 179 g/mol. The lowest BCUT2D eigenvalue weighted by Crippen LogP contribution is -2.14. The number of rotatable bonds is 3. The van der Waals surface area contributed by atoms with Gasteiger partial charge in [0.1, 0.15) is 6.61 Å². The van der Waals surface area contributed by atoms with Gasteiger partial charge >= 0.3 is 0 Å². The minimum atomic E-state index is -0.274. The van der Waals surface area contributed by atoms with Crippen LogP contribution in [0.4, 0.5) is 0 Å². The van der Waals surface area contributed by atoms with Crippen LogP contribution in [-0.2, 0) is 17.8 Å². The number of nitrogens with two attached hydrogens (primary N) is 1. The van der Waals surface area contributed by atoms with Crippen LogP contribution < -0.4 is 5.73 Å². The van der Waals surface area contributed by atoms with Crippen molar-refractivity contribution in [1.29, 1.82) is 5.41 Å². The van der Waals surface area contributed by atoms with E-state index in [-0.39, 0.29) is 12.6 Å². The predicted octanol–water partition coefficient (Wildman–Crippen LogP) is 1.05. The summed E-state index contributed by atoms with van der Waals surface area (Å²) in [4.78, 5) is 4.29. The molecule has 0 atom stereocenters. The summed E-state index contributed by atoms with van der Waals surface area (Å²) < 4.78 is 4.83. The number of pyridine rings is 1. The molecule has 0 unspecified atom stereocenters. The Labute approximate surface area is 77.2 Å². The van der Waals surface area contributed by atoms with Crippen molar-refractivity contribution in [2.75, 3.05) is 0 Å². The molecule has 4 heteroatoms. The quantitative estimate of drug-likeness (QED) is 0.538. The van der Waals surface area contributed by atoms with Gasteiger partial charge in [-0.15, -0.1) is 0 Å². The molecular weight excluding hydrogens is 166 g/mol. The van der Waals surface area contributed by atoms with Crippen LogP contribution in [0.15, 0.2) is 18.2 Å². The molecular formula is C9H13N3O. The van der Waals surface area contributed by atoms with Crippen LogP contribution in [0, 0.1) is 5.41 Å². The van der Waals surface area contributed by atoms with Crippen molar-refractivity contribution in [2.24, 2.45) is 5.73 Å². The van der Waals surface area contributed by atoms with Gasteiger partial charge in [0, 0.05) is 5.69 Å². The molecule has 0 saturated carbocycles. The molecule has 13 heavy (non-hydrogen) atoms. The molecule has 0 aliphatic rings. The third-order valence-corrected chi connectivity index (χ3v) is 1.60. The third-order valence-electron chi connectivity index (χ3n) is 1.60. The molecule has 0 radical (unpaired) electrons. The van der Waals surface area contributed by atoms with Gasteiger partial charge in [-0.1, -0.05) is 13.0 Å². The summed E-state index contributed by atoms with van der Waals surface area (Å²) in [5.41, 5.74) is 6.86. The summed E-state index contributed by atoms with van der Waals surface area (Å²) in [6.45, 7) is 2.31. The molecule has 0 saturated heterocycles. The normalized spacial score (nSPS) is 9.62. The minimum Gasteiger partial charge on any atom is -0.459 e. The van der Waals surface area contributed by atoms with Crippen molar-refractivity contribution in [3.63, 3.8) is 0 Å². The number of hydrogen-bond donors (Lipinski definition) is 2. The van der Waals surface area contributed by atoms with Crippen molar-refractivity contribution < 1.29 is 4.74 Å². The van der Waals surface area contributed by atoms with Crippen molar-refractivity contribution in [2.45, 2.75) is 20.0 Å². The first kappa shape index (κ1) is 9.51.